The van der Waals surface area contributed by atoms with Crippen LogP contribution in [0.5, 0.6) is 0 Å². The van der Waals surface area contributed by atoms with Gasteiger partial charge in [-0.05, 0) is 64.6 Å². The number of unbranched alkanes of at least 4 members (excludes halogenated alkanes) is 1. The predicted molar refractivity (Wildman–Crippen MR) is 115 cm³/mol. The molecule has 0 unspecified atom stereocenters. The molecule has 0 aromatic rings. The average molecular weight is 454 g/mol. The van der Waals surface area contributed by atoms with Crippen molar-refractivity contribution in [1.82, 2.24) is 15.5 Å². The van der Waals surface area contributed by atoms with E-state index >= 15 is 0 Å². The van der Waals surface area contributed by atoms with Gasteiger partial charge in [0.2, 0.25) is 0 Å². The molecule has 0 aliphatic carbocycles. The number of nitrogens with one attached hydrogen (secondary N) is 2. The van der Waals surface area contributed by atoms with Gasteiger partial charge in [-0.15, -0.1) is 24.0 Å². The fourth-order valence-corrected chi connectivity index (χ4v) is 2.65. The molecule has 1 aliphatic heterocycles. The van der Waals surface area contributed by atoms with Gasteiger partial charge in [0.05, 0.1) is 6.61 Å². The second-order valence-corrected chi connectivity index (χ2v) is 6.74. The third kappa shape index (κ3) is 13.2. The van der Waals surface area contributed by atoms with E-state index in [1.165, 1.54) is 38.9 Å². The molecule has 0 aromatic heterocycles. The van der Waals surface area contributed by atoms with Crippen LogP contribution in [0.15, 0.2) is 4.99 Å². The standard InChI is InChI=1S/C18H38N4O.HI/c1-4-19-18(21-11-16-23-15-9-17(2)3)20-10-5-6-12-22-13-7-8-14-22;/h17H,4-16H2,1-3H3,(H2,19,20,21);1H. The van der Waals surface area contributed by atoms with Gasteiger partial charge in [-0.25, -0.2) is 0 Å². The zero-order chi connectivity index (χ0) is 16.8. The maximum Gasteiger partial charge on any atom is 0.191 e. The van der Waals surface area contributed by atoms with Crippen LogP contribution in [0.4, 0.5) is 0 Å². The first-order valence-corrected chi connectivity index (χ1v) is 9.54. The Labute approximate surface area is 166 Å². The van der Waals surface area contributed by atoms with Crippen LogP contribution in [-0.2, 0) is 4.74 Å². The van der Waals surface area contributed by atoms with E-state index in [-0.39, 0.29) is 24.0 Å². The second-order valence-electron chi connectivity index (χ2n) is 6.74. The number of halogens is 1. The minimum atomic E-state index is 0. The summed E-state index contributed by atoms with van der Waals surface area (Å²) in [6.07, 6.45) is 6.31. The van der Waals surface area contributed by atoms with Gasteiger partial charge in [0.25, 0.3) is 0 Å². The molecular formula is C18H39IN4O. The molecule has 1 aliphatic rings. The van der Waals surface area contributed by atoms with E-state index in [1.807, 2.05) is 0 Å². The van der Waals surface area contributed by atoms with E-state index in [2.05, 4.69) is 41.3 Å². The molecule has 5 nitrogen and oxygen atoms in total. The monoisotopic (exact) mass is 454 g/mol. The Morgan fingerprint density at radius 2 is 1.88 bits per heavy atom. The first kappa shape index (κ1) is 23.9. The van der Waals surface area contributed by atoms with Crippen LogP contribution in [0.1, 0.15) is 52.9 Å². The lowest BCUT2D eigenvalue weighted by Gasteiger charge is -2.14. The first-order valence-electron chi connectivity index (χ1n) is 9.54. The molecule has 0 amide bonds. The summed E-state index contributed by atoms with van der Waals surface area (Å²) < 4.78 is 5.62. The Hall–Kier alpha value is -0.0800. The van der Waals surface area contributed by atoms with Crippen molar-refractivity contribution < 1.29 is 4.74 Å². The number of rotatable bonds is 12. The fourth-order valence-electron chi connectivity index (χ4n) is 2.65. The smallest absolute Gasteiger partial charge is 0.191 e. The Morgan fingerprint density at radius 1 is 1.12 bits per heavy atom. The van der Waals surface area contributed by atoms with Gasteiger partial charge in [-0.1, -0.05) is 13.8 Å². The molecule has 0 bridgehead atoms. The molecule has 24 heavy (non-hydrogen) atoms. The molecule has 0 saturated carbocycles. The van der Waals surface area contributed by atoms with Crippen molar-refractivity contribution in [3.05, 3.63) is 0 Å². The summed E-state index contributed by atoms with van der Waals surface area (Å²) in [7, 11) is 0. The third-order valence-corrected chi connectivity index (χ3v) is 4.07. The largest absolute Gasteiger partial charge is 0.380 e. The molecule has 1 saturated heterocycles. The topological polar surface area (TPSA) is 48.9 Å². The van der Waals surface area contributed by atoms with E-state index in [9.17, 15) is 0 Å². The lowest BCUT2D eigenvalue weighted by Crippen LogP contribution is -2.39. The summed E-state index contributed by atoms with van der Waals surface area (Å²) in [5.41, 5.74) is 0. The fraction of sp³-hybridized carbons (Fsp3) is 0.944. The SMILES string of the molecule is CCNC(=NCCCCN1CCCC1)NCCOCCC(C)C.I. The summed E-state index contributed by atoms with van der Waals surface area (Å²) in [5, 5.41) is 6.64. The normalized spacial score (nSPS) is 15.6. The number of hydrogen-bond donors (Lipinski definition) is 2. The number of aliphatic imine (C=N–C) groups is 1. The summed E-state index contributed by atoms with van der Waals surface area (Å²) >= 11 is 0. The van der Waals surface area contributed by atoms with Crippen molar-refractivity contribution in [2.24, 2.45) is 10.9 Å². The van der Waals surface area contributed by atoms with Crippen molar-refractivity contribution in [2.75, 3.05) is 52.5 Å². The minimum Gasteiger partial charge on any atom is -0.380 e. The van der Waals surface area contributed by atoms with Crippen LogP contribution in [0.3, 0.4) is 0 Å². The van der Waals surface area contributed by atoms with Crippen molar-refractivity contribution in [3.8, 4) is 0 Å². The highest BCUT2D eigenvalue weighted by molar-refractivity contribution is 14.0. The van der Waals surface area contributed by atoms with Crippen LogP contribution in [0.2, 0.25) is 0 Å². The molecule has 0 spiro atoms. The van der Waals surface area contributed by atoms with Crippen LogP contribution < -0.4 is 10.6 Å². The summed E-state index contributed by atoms with van der Waals surface area (Å²) in [6, 6.07) is 0. The Balaban J connectivity index is 0.00000529. The van der Waals surface area contributed by atoms with E-state index in [0.29, 0.717) is 5.92 Å². The molecule has 144 valence electrons. The van der Waals surface area contributed by atoms with Crippen LogP contribution >= 0.6 is 24.0 Å². The predicted octanol–water partition coefficient (Wildman–Crippen LogP) is 3.10. The van der Waals surface area contributed by atoms with E-state index in [1.54, 1.807) is 0 Å². The Kier molecular flexibility index (Phi) is 16.3. The summed E-state index contributed by atoms with van der Waals surface area (Å²) in [5.74, 6) is 1.63. The molecule has 0 atom stereocenters. The molecule has 2 N–H and O–H groups in total. The van der Waals surface area contributed by atoms with Crippen LogP contribution in [-0.4, -0.2) is 63.3 Å². The molecule has 1 heterocycles. The highest BCUT2D eigenvalue weighted by atomic mass is 127. The van der Waals surface area contributed by atoms with E-state index < -0.39 is 0 Å². The highest BCUT2D eigenvalue weighted by Gasteiger charge is 2.09. The van der Waals surface area contributed by atoms with Crippen LogP contribution in [0, 0.1) is 5.92 Å². The Bertz CT molecular complexity index is 307. The molecular weight excluding hydrogens is 415 g/mol. The third-order valence-electron chi connectivity index (χ3n) is 4.07. The van der Waals surface area contributed by atoms with E-state index in [4.69, 9.17) is 4.74 Å². The lowest BCUT2D eigenvalue weighted by atomic mass is 10.1. The van der Waals surface area contributed by atoms with Gasteiger partial charge < -0.3 is 20.3 Å². The second kappa shape index (κ2) is 16.4. The van der Waals surface area contributed by atoms with Gasteiger partial charge in [-0.2, -0.15) is 0 Å². The molecule has 1 rings (SSSR count). The number of likely N-dealkylation sites (tertiary alicyclic amines) is 1. The zero-order valence-corrected chi connectivity index (χ0v) is 18.3. The van der Waals surface area contributed by atoms with Gasteiger partial charge in [0.1, 0.15) is 0 Å². The van der Waals surface area contributed by atoms with Gasteiger partial charge in [0, 0.05) is 26.2 Å². The lowest BCUT2D eigenvalue weighted by molar-refractivity contribution is 0.128. The minimum absolute atomic E-state index is 0. The highest BCUT2D eigenvalue weighted by Crippen LogP contribution is 2.08. The van der Waals surface area contributed by atoms with Gasteiger partial charge >= 0.3 is 0 Å². The van der Waals surface area contributed by atoms with Crippen molar-refractivity contribution in [2.45, 2.75) is 52.9 Å². The van der Waals surface area contributed by atoms with E-state index in [0.717, 1.165) is 51.6 Å². The number of ether oxygens (including phenoxy) is 1. The number of nitrogens with zero attached hydrogens (tertiary/aromatic N) is 2. The number of hydrogen-bond acceptors (Lipinski definition) is 3. The van der Waals surface area contributed by atoms with Gasteiger partial charge in [0.15, 0.2) is 5.96 Å². The molecule has 1 fully saturated rings. The molecule has 0 radical (unpaired) electrons. The Morgan fingerprint density at radius 3 is 2.54 bits per heavy atom. The summed E-state index contributed by atoms with van der Waals surface area (Å²) in [6.45, 7) is 14.6. The van der Waals surface area contributed by atoms with Crippen LogP contribution in [0.25, 0.3) is 0 Å². The molecule has 0 aromatic carbocycles. The zero-order valence-electron chi connectivity index (χ0n) is 16.0. The average Bonchev–Trinajstić information content (AvgIpc) is 3.03. The van der Waals surface area contributed by atoms with Crippen molar-refractivity contribution in [1.29, 1.82) is 0 Å². The quantitative estimate of drug-likeness (QED) is 0.206. The van der Waals surface area contributed by atoms with Gasteiger partial charge in [-0.3, -0.25) is 4.99 Å². The summed E-state index contributed by atoms with van der Waals surface area (Å²) in [4.78, 5) is 7.22. The molecule has 6 heteroatoms. The number of guanidine groups is 1. The van der Waals surface area contributed by atoms with Crippen molar-refractivity contribution in [3.63, 3.8) is 0 Å². The maximum atomic E-state index is 5.62. The van der Waals surface area contributed by atoms with Crippen molar-refractivity contribution >= 4 is 29.9 Å². The first-order chi connectivity index (χ1) is 11.2. The maximum absolute atomic E-state index is 5.62.